The number of methoxy groups -OCH3 is 1. The minimum absolute atomic E-state index is 0.146. The monoisotopic (exact) mass is 635 g/mol. The van der Waals surface area contributed by atoms with Crippen LogP contribution < -0.4 is 26.6 Å². The molecule has 2 aliphatic rings. The van der Waals surface area contributed by atoms with Crippen LogP contribution in [0.2, 0.25) is 10.0 Å². The van der Waals surface area contributed by atoms with Crippen LogP contribution in [0.1, 0.15) is 40.4 Å². The van der Waals surface area contributed by atoms with Crippen molar-refractivity contribution in [1.82, 2.24) is 19.4 Å². The van der Waals surface area contributed by atoms with Gasteiger partial charge in [-0.25, -0.2) is 9.78 Å². The highest BCUT2D eigenvalue weighted by molar-refractivity contribution is 6.39. The summed E-state index contributed by atoms with van der Waals surface area (Å²) in [7, 11) is 4.41. The van der Waals surface area contributed by atoms with E-state index in [1.54, 1.807) is 25.3 Å². The molecule has 44 heavy (non-hydrogen) atoms. The van der Waals surface area contributed by atoms with Crippen LogP contribution in [0.3, 0.4) is 0 Å². The number of halogens is 2. The number of hydrogen-bond donors (Lipinski definition) is 2. The fourth-order valence-corrected chi connectivity index (χ4v) is 6.54. The van der Waals surface area contributed by atoms with Gasteiger partial charge in [-0.15, -0.1) is 0 Å². The van der Waals surface area contributed by atoms with E-state index in [4.69, 9.17) is 37.7 Å². The van der Waals surface area contributed by atoms with Crippen molar-refractivity contribution in [2.75, 3.05) is 25.6 Å². The molecule has 0 unspecified atom stereocenters. The highest BCUT2D eigenvalue weighted by Crippen LogP contribution is 2.44. The lowest BCUT2D eigenvalue weighted by Gasteiger charge is -2.20. The maximum Gasteiger partial charge on any atom is 0.330 e. The van der Waals surface area contributed by atoms with Crippen molar-refractivity contribution in [1.29, 1.82) is 0 Å². The van der Waals surface area contributed by atoms with Crippen molar-refractivity contribution < 1.29 is 14.3 Å². The van der Waals surface area contributed by atoms with E-state index in [2.05, 4.69) is 16.7 Å². The Bertz CT molecular complexity index is 1900. The summed E-state index contributed by atoms with van der Waals surface area (Å²) in [6, 6.07) is 13.3. The molecule has 0 radical (unpaired) electrons. The zero-order valence-corrected chi connectivity index (χ0v) is 26.0. The first-order chi connectivity index (χ1) is 21.2. The number of amides is 1. The lowest BCUT2D eigenvalue weighted by Crippen LogP contribution is -2.40. The second-order valence-corrected chi connectivity index (χ2v) is 11.8. The number of benzene rings is 2. The summed E-state index contributed by atoms with van der Waals surface area (Å²) in [5.41, 5.74) is 3.72. The number of hydrogen-bond acceptors (Lipinski definition) is 7. The fraction of sp³-hybridized carbons (Fsp3) is 0.312. The lowest BCUT2D eigenvalue weighted by atomic mass is 9.99. The molecule has 1 amide bonds. The first kappa shape index (κ1) is 30.1. The van der Waals surface area contributed by atoms with Crippen LogP contribution >= 0.6 is 23.2 Å². The lowest BCUT2D eigenvalue weighted by molar-refractivity contribution is 0.102. The summed E-state index contributed by atoms with van der Waals surface area (Å²) in [4.78, 5) is 42.6. The number of aromatic nitrogens is 3. The number of nitrogens with zero attached hydrogens (tertiary/aromatic N) is 3. The van der Waals surface area contributed by atoms with Crippen molar-refractivity contribution in [3.8, 4) is 28.3 Å². The predicted molar refractivity (Wildman–Crippen MR) is 170 cm³/mol. The number of rotatable bonds is 7. The molecule has 0 spiro atoms. The zero-order valence-electron chi connectivity index (χ0n) is 24.4. The molecule has 1 aliphatic heterocycles. The minimum Gasteiger partial charge on any atom is -0.481 e. The van der Waals surface area contributed by atoms with Crippen LogP contribution in [0.5, 0.6) is 5.88 Å². The largest absolute Gasteiger partial charge is 0.481 e. The number of anilines is 1. The standard InChI is InChI=1S/C32H31Cl2N5O5/c1-38-15-22(31(41)39(2)32(38)42)29(40)36-24-9-5-7-20(28(24)34)19-6-4-8-21(27(19)33)25-14-17-10-11-23(26(17)30(37-25)43-3)35-18-12-13-44-16-18/h4-9,14-15,18,23,35H,10-13,16H2,1-3H3,(H,36,40)/t18-,23+/m0/s1. The normalized spacial score (nSPS) is 17.5. The van der Waals surface area contributed by atoms with Crippen LogP contribution in [0.25, 0.3) is 22.4 Å². The summed E-state index contributed by atoms with van der Waals surface area (Å²) in [5.74, 6) is -0.122. The third-order valence-corrected chi connectivity index (χ3v) is 9.04. The van der Waals surface area contributed by atoms with Gasteiger partial charge in [0.25, 0.3) is 11.5 Å². The van der Waals surface area contributed by atoms with E-state index >= 15 is 0 Å². The second kappa shape index (κ2) is 12.2. The average Bonchev–Trinajstić information content (AvgIpc) is 3.69. The number of carbonyl (C=O) groups is 1. The SMILES string of the molecule is COc1nc(-c2cccc(-c3cccc(NC(=O)c4cn(C)c(=O)n(C)c4=O)c3Cl)c2Cl)cc2c1[C@H](N[C@H]1CCOC1)CC2. The van der Waals surface area contributed by atoms with E-state index in [0.29, 0.717) is 45.9 Å². The molecule has 0 bridgehead atoms. The molecule has 2 N–H and O–H groups in total. The van der Waals surface area contributed by atoms with Crippen molar-refractivity contribution >= 4 is 34.8 Å². The van der Waals surface area contributed by atoms with Crippen LogP contribution in [0.15, 0.2) is 58.3 Å². The summed E-state index contributed by atoms with van der Waals surface area (Å²) in [5, 5.41) is 7.09. The Morgan fingerprint density at radius 3 is 2.50 bits per heavy atom. The number of pyridine rings is 1. The zero-order chi connectivity index (χ0) is 31.1. The minimum atomic E-state index is -0.708. The molecule has 10 nitrogen and oxygen atoms in total. The molecule has 4 aromatic rings. The highest BCUT2D eigenvalue weighted by Gasteiger charge is 2.31. The Hall–Kier alpha value is -3.96. The van der Waals surface area contributed by atoms with Crippen LogP contribution in [0.4, 0.5) is 5.69 Å². The Kier molecular flexibility index (Phi) is 8.34. The van der Waals surface area contributed by atoms with E-state index in [0.717, 1.165) is 41.6 Å². The molecule has 1 fully saturated rings. The molecule has 1 saturated heterocycles. The first-order valence-corrected chi connectivity index (χ1v) is 15.0. The van der Waals surface area contributed by atoms with E-state index in [-0.39, 0.29) is 22.3 Å². The number of aryl methyl sites for hydroxylation is 2. The highest BCUT2D eigenvalue weighted by atomic mass is 35.5. The van der Waals surface area contributed by atoms with Crippen LogP contribution in [-0.2, 0) is 25.3 Å². The molecule has 2 aromatic heterocycles. The molecule has 0 saturated carbocycles. The Labute approximate surface area is 263 Å². The van der Waals surface area contributed by atoms with Gasteiger partial charge in [0, 0.05) is 61.2 Å². The molecule has 6 rings (SSSR count). The number of carbonyl (C=O) groups excluding carboxylic acids is 1. The third-order valence-electron chi connectivity index (χ3n) is 8.22. The van der Waals surface area contributed by atoms with E-state index < -0.39 is 17.2 Å². The summed E-state index contributed by atoms with van der Waals surface area (Å²) in [6.07, 6.45) is 4.02. The number of fused-ring (bicyclic) bond motifs is 1. The van der Waals surface area contributed by atoms with Crippen molar-refractivity contribution in [2.45, 2.75) is 31.3 Å². The summed E-state index contributed by atoms with van der Waals surface area (Å²) >= 11 is 13.9. The Morgan fingerprint density at radius 1 is 1.05 bits per heavy atom. The molecular weight excluding hydrogens is 605 g/mol. The third kappa shape index (κ3) is 5.43. The van der Waals surface area contributed by atoms with Gasteiger partial charge in [-0.1, -0.05) is 53.5 Å². The van der Waals surface area contributed by atoms with Crippen molar-refractivity contribution in [2.24, 2.45) is 14.1 Å². The van der Waals surface area contributed by atoms with Gasteiger partial charge in [-0.05, 0) is 37.0 Å². The Morgan fingerprint density at radius 2 is 1.77 bits per heavy atom. The van der Waals surface area contributed by atoms with Gasteiger partial charge >= 0.3 is 5.69 Å². The van der Waals surface area contributed by atoms with Crippen LogP contribution in [-0.4, -0.2) is 46.4 Å². The molecule has 12 heteroatoms. The fourth-order valence-electron chi connectivity index (χ4n) is 5.94. The van der Waals surface area contributed by atoms with Crippen molar-refractivity contribution in [3.63, 3.8) is 0 Å². The average molecular weight is 637 g/mol. The smallest absolute Gasteiger partial charge is 0.330 e. The van der Waals surface area contributed by atoms with Crippen molar-refractivity contribution in [3.05, 3.63) is 96.2 Å². The van der Waals surface area contributed by atoms with Gasteiger partial charge < -0.3 is 24.7 Å². The van der Waals surface area contributed by atoms with Crippen LogP contribution in [0, 0.1) is 0 Å². The van der Waals surface area contributed by atoms with E-state index in [1.807, 2.05) is 18.2 Å². The molecule has 3 heterocycles. The van der Waals surface area contributed by atoms with Gasteiger partial charge in [0.2, 0.25) is 5.88 Å². The van der Waals surface area contributed by atoms with Gasteiger partial charge in [-0.3, -0.25) is 14.2 Å². The molecule has 228 valence electrons. The summed E-state index contributed by atoms with van der Waals surface area (Å²) in [6.45, 7) is 1.48. The first-order valence-electron chi connectivity index (χ1n) is 14.2. The maximum atomic E-state index is 13.1. The van der Waals surface area contributed by atoms with Gasteiger partial charge in [-0.2, -0.15) is 0 Å². The van der Waals surface area contributed by atoms with Gasteiger partial charge in [0.15, 0.2) is 0 Å². The maximum absolute atomic E-state index is 13.1. The Balaban J connectivity index is 1.33. The predicted octanol–water partition coefficient (Wildman–Crippen LogP) is 4.75. The molecule has 1 aliphatic carbocycles. The molecular formula is C32H31Cl2N5O5. The van der Waals surface area contributed by atoms with E-state index in [9.17, 15) is 14.4 Å². The topological polar surface area (TPSA) is 116 Å². The number of ether oxygens (including phenoxy) is 2. The quantitative estimate of drug-likeness (QED) is 0.301. The summed E-state index contributed by atoms with van der Waals surface area (Å²) < 4.78 is 13.4. The second-order valence-electron chi connectivity index (χ2n) is 11.0. The number of nitrogens with one attached hydrogen (secondary N) is 2. The molecule has 2 atom stereocenters. The van der Waals surface area contributed by atoms with Gasteiger partial charge in [0.1, 0.15) is 5.56 Å². The molecule has 2 aromatic carbocycles. The van der Waals surface area contributed by atoms with Gasteiger partial charge in [0.05, 0.1) is 35.1 Å². The van der Waals surface area contributed by atoms with E-state index in [1.165, 1.54) is 24.9 Å².